The van der Waals surface area contributed by atoms with Gasteiger partial charge in [0.1, 0.15) is 36.1 Å². The summed E-state index contributed by atoms with van der Waals surface area (Å²) < 4.78 is 35.3. The summed E-state index contributed by atoms with van der Waals surface area (Å²) in [5.41, 5.74) is 1.61. The number of pyridine rings is 2. The van der Waals surface area contributed by atoms with Gasteiger partial charge in [-0.2, -0.15) is 5.26 Å². The molecule has 3 aromatic rings. The molecule has 5 rings (SSSR count). The van der Waals surface area contributed by atoms with Gasteiger partial charge in [0, 0.05) is 35.5 Å². The minimum Gasteiger partial charge on any atom is -0.489 e. The summed E-state index contributed by atoms with van der Waals surface area (Å²) in [5, 5.41) is 9.49. The van der Waals surface area contributed by atoms with Crippen molar-refractivity contribution in [1.82, 2.24) is 9.55 Å². The molecule has 0 spiro atoms. The van der Waals surface area contributed by atoms with E-state index in [0.29, 0.717) is 28.4 Å². The minimum absolute atomic E-state index is 0.0368. The lowest BCUT2D eigenvalue weighted by molar-refractivity contribution is 0.168. The van der Waals surface area contributed by atoms with E-state index in [2.05, 4.69) is 9.98 Å². The maximum atomic E-state index is 14.3. The molecule has 2 aliphatic heterocycles. The van der Waals surface area contributed by atoms with E-state index in [4.69, 9.17) is 4.74 Å². The molecule has 0 aliphatic carbocycles. The molecule has 2 aliphatic rings. The van der Waals surface area contributed by atoms with Gasteiger partial charge in [-0.1, -0.05) is 12.1 Å². The summed E-state index contributed by atoms with van der Waals surface area (Å²) in [6.07, 6.45) is 3.09. The number of hydrogen-bond acceptors (Lipinski definition) is 5. The fraction of sp³-hybridized carbons (Fsp3) is 0.130. The van der Waals surface area contributed by atoms with Crippen LogP contribution >= 0.6 is 0 Å². The molecule has 0 bridgehead atoms. The Morgan fingerprint density at radius 3 is 2.84 bits per heavy atom. The number of aromatic nitrogens is 2. The first-order chi connectivity index (χ1) is 15.1. The van der Waals surface area contributed by atoms with Crippen LogP contribution in [0.25, 0.3) is 22.5 Å². The topological polar surface area (TPSA) is 80.3 Å². The molecule has 0 saturated heterocycles. The summed E-state index contributed by atoms with van der Waals surface area (Å²) in [7, 11) is 0. The van der Waals surface area contributed by atoms with Gasteiger partial charge in [-0.3, -0.25) is 19.3 Å². The van der Waals surface area contributed by atoms with Gasteiger partial charge >= 0.3 is 0 Å². The highest BCUT2D eigenvalue weighted by Gasteiger charge is 2.30. The van der Waals surface area contributed by atoms with Gasteiger partial charge in [-0.25, -0.2) is 8.78 Å². The average molecular weight is 416 g/mol. The third-order valence-corrected chi connectivity index (χ3v) is 5.27. The van der Waals surface area contributed by atoms with Gasteiger partial charge in [0.2, 0.25) is 0 Å². The lowest BCUT2D eigenvalue weighted by atomic mass is 9.95. The van der Waals surface area contributed by atoms with Crippen molar-refractivity contribution in [3.63, 3.8) is 0 Å². The quantitative estimate of drug-likeness (QED) is 0.634. The van der Waals surface area contributed by atoms with E-state index >= 15 is 0 Å². The zero-order valence-electron chi connectivity index (χ0n) is 16.0. The monoisotopic (exact) mass is 416 g/mol. The fourth-order valence-electron chi connectivity index (χ4n) is 3.87. The lowest BCUT2D eigenvalue weighted by Gasteiger charge is -2.28. The molecule has 0 saturated carbocycles. The van der Waals surface area contributed by atoms with Crippen molar-refractivity contribution in [2.45, 2.75) is 19.2 Å². The second-order valence-electron chi connectivity index (χ2n) is 7.10. The van der Waals surface area contributed by atoms with E-state index < -0.39 is 17.5 Å². The van der Waals surface area contributed by atoms with Gasteiger partial charge in [-0.15, -0.1) is 0 Å². The molecule has 152 valence electrons. The number of alkyl halides is 1. The number of rotatable bonds is 2. The third kappa shape index (κ3) is 3.02. The molecule has 1 aromatic carbocycles. The predicted molar refractivity (Wildman–Crippen MR) is 110 cm³/mol. The van der Waals surface area contributed by atoms with Gasteiger partial charge in [0.05, 0.1) is 23.1 Å². The normalized spacial score (nSPS) is 16.9. The summed E-state index contributed by atoms with van der Waals surface area (Å²) in [4.78, 5) is 21.9. The molecule has 31 heavy (non-hydrogen) atoms. The molecule has 1 unspecified atom stereocenters. The molecule has 1 atom stereocenters. The Balaban J connectivity index is 1.87. The van der Waals surface area contributed by atoms with Crippen LogP contribution in [0.4, 0.5) is 8.78 Å². The average Bonchev–Trinajstić information content (AvgIpc) is 2.78. The van der Waals surface area contributed by atoms with E-state index in [1.165, 1.54) is 35.2 Å². The van der Waals surface area contributed by atoms with Crippen LogP contribution in [-0.4, -0.2) is 21.9 Å². The highest BCUT2D eigenvalue weighted by molar-refractivity contribution is 5.84. The third-order valence-electron chi connectivity index (χ3n) is 5.27. The van der Waals surface area contributed by atoms with Crippen molar-refractivity contribution < 1.29 is 13.5 Å². The maximum absolute atomic E-state index is 14.3. The number of aliphatic imine (C=N–C) groups is 1. The Morgan fingerprint density at radius 2 is 2.06 bits per heavy atom. The van der Waals surface area contributed by atoms with Crippen LogP contribution in [0.1, 0.15) is 23.2 Å². The molecule has 8 heteroatoms. The zero-order chi connectivity index (χ0) is 21.5. The Kier molecular flexibility index (Phi) is 4.44. The first-order valence-corrected chi connectivity index (χ1v) is 9.51. The van der Waals surface area contributed by atoms with E-state index in [1.54, 1.807) is 24.4 Å². The lowest BCUT2D eigenvalue weighted by Crippen LogP contribution is -2.28. The van der Waals surface area contributed by atoms with Gasteiger partial charge < -0.3 is 4.74 Å². The SMILES string of the molecule is N#Cc1c(F)cccc1-c1cc2c(n(-c3cccnc3)c1=O)COC1=C2N=CC(F)C1. The number of fused-ring (bicyclic) bond motifs is 2. The van der Waals surface area contributed by atoms with Crippen LogP contribution < -0.4 is 5.56 Å². The maximum Gasteiger partial charge on any atom is 0.263 e. The fourth-order valence-corrected chi connectivity index (χ4v) is 3.87. The van der Waals surface area contributed by atoms with Gasteiger partial charge in [-0.05, 0) is 24.3 Å². The summed E-state index contributed by atoms with van der Waals surface area (Å²) in [6.45, 7) is 0.0368. The largest absolute Gasteiger partial charge is 0.489 e. The first kappa shape index (κ1) is 18.9. The highest BCUT2D eigenvalue weighted by atomic mass is 19.1. The van der Waals surface area contributed by atoms with Crippen molar-refractivity contribution in [2.24, 2.45) is 4.99 Å². The molecular weight excluding hydrogens is 402 g/mol. The minimum atomic E-state index is -1.25. The van der Waals surface area contributed by atoms with Crippen molar-refractivity contribution in [2.75, 3.05) is 0 Å². The van der Waals surface area contributed by atoms with Crippen LogP contribution in [0, 0.1) is 17.1 Å². The first-order valence-electron chi connectivity index (χ1n) is 9.51. The second kappa shape index (κ2) is 7.29. The van der Waals surface area contributed by atoms with E-state index in [-0.39, 0.29) is 29.7 Å². The Labute approximate surface area is 175 Å². The van der Waals surface area contributed by atoms with E-state index in [9.17, 15) is 18.8 Å². The predicted octanol–water partition coefficient (Wildman–Crippen LogP) is 3.92. The molecule has 2 aromatic heterocycles. The number of nitrogens with zero attached hydrogens (tertiary/aromatic N) is 4. The molecule has 0 amide bonds. The number of ether oxygens (including phenoxy) is 1. The Morgan fingerprint density at radius 1 is 1.19 bits per heavy atom. The molecular formula is C23H14F2N4O2. The van der Waals surface area contributed by atoms with Crippen LogP contribution in [0.2, 0.25) is 0 Å². The Bertz CT molecular complexity index is 1370. The molecule has 0 radical (unpaired) electrons. The van der Waals surface area contributed by atoms with E-state index in [0.717, 1.165) is 0 Å². The van der Waals surface area contributed by atoms with Gasteiger partial charge in [0.25, 0.3) is 5.56 Å². The van der Waals surface area contributed by atoms with Crippen molar-refractivity contribution in [3.8, 4) is 22.9 Å². The number of halogens is 2. The van der Waals surface area contributed by atoms with Crippen molar-refractivity contribution in [1.29, 1.82) is 5.26 Å². The molecule has 4 heterocycles. The number of hydrogen-bond donors (Lipinski definition) is 0. The van der Waals surface area contributed by atoms with Gasteiger partial charge in [0.15, 0.2) is 0 Å². The molecule has 6 nitrogen and oxygen atoms in total. The summed E-state index contributed by atoms with van der Waals surface area (Å²) in [5.74, 6) is -0.325. The number of benzene rings is 1. The van der Waals surface area contributed by atoms with Crippen LogP contribution in [-0.2, 0) is 11.3 Å². The van der Waals surface area contributed by atoms with Crippen LogP contribution in [0.5, 0.6) is 0 Å². The van der Waals surface area contributed by atoms with E-state index in [1.807, 2.05) is 6.07 Å². The highest BCUT2D eigenvalue weighted by Crippen LogP contribution is 2.37. The summed E-state index contributed by atoms with van der Waals surface area (Å²) in [6, 6.07) is 10.9. The summed E-state index contributed by atoms with van der Waals surface area (Å²) >= 11 is 0. The van der Waals surface area contributed by atoms with Crippen molar-refractivity contribution >= 4 is 11.9 Å². The molecule has 0 N–H and O–H groups in total. The van der Waals surface area contributed by atoms with Crippen LogP contribution in [0.15, 0.2) is 64.3 Å². The smallest absolute Gasteiger partial charge is 0.263 e. The standard InChI is InChI=1S/C23H14F2N4O2/c24-13-7-21-22(28-10-13)17-8-16(15-4-1-5-19(25)18(15)9-26)23(30)29(20(17)12-31-21)14-3-2-6-27-11-14/h1-6,8,10-11,13H,7,12H2. The second-order valence-corrected chi connectivity index (χ2v) is 7.10. The number of nitriles is 1. The van der Waals surface area contributed by atoms with Crippen LogP contribution in [0.3, 0.4) is 0 Å². The molecule has 0 fully saturated rings. The van der Waals surface area contributed by atoms with Crippen molar-refractivity contribution in [3.05, 3.63) is 87.5 Å². The Hall–Kier alpha value is -4.12. The zero-order valence-corrected chi connectivity index (χ0v) is 16.0. The number of allylic oxidation sites excluding steroid dienone is 1.